The van der Waals surface area contributed by atoms with Crippen LogP contribution in [0.1, 0.15) is 42.5 Å². The van der Waals surface area contributed by atoms with Crippen molar-refractivity contribution in [3.05, 3.63) is 65.5 Å². The second-order valence-electron chi connectivity index (χ2n) is 6.60. The first-order chi connectivity index (χ1) is 12.2. The Balaban J connectivity index is 1.74. The van der Waals surface area contributed by atoms with Gasteiger partial charge in [0.1, 0.15) is 0 Å². The highest BCUT2D eigenvalue weighted by Crippen LogP contribution is 2.22. The normalized spacial score (nSPS) is 18.5. The number of halogens is 2. The first-order valence-electron chi connectivity index (χ1n) is 8.94. The van der Waals surface area contributed by atoms with Gasteiger partial charge in [-0.2, -0.15) is 0 Å². The summed E-state index contributed by atoms with van der Waals surface area (Å²) in [5.41, 5.74) is 2.19. The number of rotatable bonds is 6. The Morgan fingerprint density at radius 1 is 1.04 bits per heavy atom. The molecule has 0 spiro atoms. The molecule has 1 fully saturated rings. The fraction of sp³-hybridized carbons (Fsp3) is 0.450. The fourth-order valence-electron chi connectivity index (χ4n) is 3.38. The Bertz CT molecular complexity index is 623. The van der Waals surface area contributed by atoms with E-state index in [1.807, 2.05) is 36.5 Å². The van der Waals surface area contributed by atoms with Crippen LogP contribution in [0.4, 0.5) is 8.78 Å². The van der Waals surface area contributed by atoms with E-state index in [0.29, 0.717) is 6.04 Å². The number of hydrogen-bond donors (Lipinski definition) is 1. The van der Waals surface area contributed by atoms with Crippen molar-refractivity contribution in [2.75, 3.05) is 13.1 Å². The van der Waals surface area contributed by atoms with E-state index in [9.17, 15) is 8.78 Å². The summed E-state index contributed by atoms with van der Waals surface area (Å²) in [5.74, 6) is 0. The molecule has 1 aliphatic rings. The monoisotopic (exact) mass is 345 g/mol. The highest BCUT2D eigenvalue weighted by molar-refractivity contribution is 5.23. The molecule has 1 unspecified atom stereocenters. The zero-order chi connectivity index (χ0) is 17.5. The molecule has 3 nitrogen and oxygen atoms in total. The van der Waals surface area contributed by atoms with Gasteiger partial charge in [-0.1, -0.05) is 30.3 Å². The van der Waals surface area contributed by atoms with Gasteiger partial charge in [0.2, 0.25) is 0 Å². The molecule has 1 aromatic heterocycles. The molecule has 1 aliphatic heterocycles. The third kappa shape index (κ3) is 5.31. The largest absolute Gasteiger partial charge is 0.317 e. The van der Waals surface area contributed by atoms with Crippen LogP contribution in [-0.2, 0) is 13.1 Å². The van der Waals surface area contributed by atoms with Gasteiger partial charge in [-0.3, -0.25) is 9.88 Å². The lowest BCUT2D eigenvalue weighted by Gasteiger charge is -2.31. The van der Waals surface area contributed by atoms with Gasteiger partial charge in [0.15, 0.2) is 0 Å². The lowest BCUT2D eigenvalue weighted by atomic mass is 10.0. The summed E-state index contributed by atoms with van der Waals surface area (Å²) in [6.07, 6.45) is 2.82. The number of benzene rings is 1. The van der Waals surface area contributed by atoms with Crippen LogP contribution >= 0.6 is 0 Å². The number of nitrogens with one attached hydrogen (secondary N) is 1. The Kier molecular flexibility index (Phi) is 6.48. The summed E-state index contributed by atoms with van der Waals surface area (Å²) in [5, 5.41) is 3.45. The van der Waals surface area contributed by atoms with Crippen LogP contribution < -0.4 is 5.32 Å². The zero-order valence-electron chi connectivity index (χ0n) is 14.4. The van der Waals surface area contributed by atoms with Gasteiger partial charge in [-0.05, 0) is 50.0 Å². The molecule has 0 aliphatic carbocycles. The van der Waals surface area contributed by atoms with E-state index in [-0.39, 0.29) is 5.56 Å². The molecular formula is C20H25F2N3. The molecule has 25 heavy (non-hydrogen) atoms. The number of hydrogen-bond acceptors (Lipinski definition) is 3. The molecule has 1 atom stereocenters. The SMILES string of the molecule is FC(F)c1ccc(CN(Cc2ccccn2)C2CCCNCC2)cc1. The van der Waals surface area contributed by atoms with Gasteiger partial charge in [0, 0.05) is 30.9 Å². The van der Waals surface area contributed by atoms with Crippen LogP contribution in [0.2, 0.25) is 0 Å². The highest BCUT2D eigenvalue weighted by atomic mass is 19.3. The number of alkyl halides is 2. The maximum Gasteiger partial charge on any atom is 0.263 e. The quantitative estimate of drug-likeness (QED) is 0.852. The maximum absolute atomic E-state index is 12.8. The van der Waals surface area contributed by atoms with Crippen molar-refractivity contribution in [3.63, 3.8) is 0 Å². The van der Waals surface area contributed by atoms with Crippen LogP contribution in [0.25, 0.3) is 0 Å². The predicted octanol–water partition coefficient (Wildman–Crippen LogP) is 4.16. The molecule has 0 radical (unpaired) electrons. The van der Waals surface area contributed by atoms with Crippen molar-refractivity contribution >= 4 is 0 Å². The van der Waals surface area contributed by atoms with Crippen molar-refractivity contribution in [2.45, 2.75) is 44.8 Å². The van der Waals surface area contributed by atoms with Crippen molar-refractivity contribution in [1.29, 1.82) is 0 Å². The number of aromatic nitrogens is 1. The average Bonchev–Trinajstić information content (AvgIpc) is 2.92. The second kappa shape index (κ2) is 9.02. The molecule has 1 saturated heterocycles. The lowest BCUT2D eigenvalue weighted by molar-refractivity contribution is 0.151. The molecular weight excluding hydrogens is 320 g/mol. The van der Waals surface area contributed by atoms with Gasteiger partial charge < -0.3 is 5.32 Å². The van der Waals surface area contributed by atoms with Crippen molar-refractivity contribution < 1.29 is 8.78 Å². The van der Waals surface area contributed by atoms with E-state index in [2.05, 4.69) is 15.2 Å². The number of nitrogens with zero attached hydrogens (tertiary/aromatic N) is 2. The Morgan fingerprint density at radius 2 is 1.88 bits per heavy atom. The average molecular weight is 345 g/mol. The molecule has 1 aromatic carbocycles. The summed E-state index contributed by atoms with van der Waals surface area (Å²) in [6, 6.07) is 13.2. The van der Waals surface area contributed by atoms with Crippen LogP contribution in [0.3, 0.4) is 0 Å². The Labute approximate surface area is 148 Å². The van der Waals surface area contributed by atoms with Crippen LogP contribution in [0.15, 0.2) is 48.7 Å². The fourth-order valence-corrected chi connectivity index (χ4v) is 3.38. The molecule has 5 heteroatoms. The van der Waals surface area contributed by atoms with Gasteiger partial charge in [-0.15, -0.1) is 0 Å². The second-order valence-corrected chi connectivity index (χ2v) is 6.60. The van der Waals surface area contributed by atoms with Gasteiger partial charge in [0.25, 0.3) is 6.43 Å². The molecule has 2 heterocycles. The Morgan fingerprint density at radius 3 is 2.60 bits per heavy atom. The molecule has 134 valence electrons. The van der Waals surface area contributed by atoms with Crippen LogP contribution in [0, 0.1) is 0 Å². The van der Waals surface area contributed by atoms with E-state index in [1.165, 1.54) is 12.1 Å². The molecule has 0 bridgehead atoms. The third-order valence-electron chi connectivity index (χ3n) is 4.77. The van der Waals surface area contributed by atoms with E-state index in [0.717, 1.165) is 56.7 Å². The van der Waals surface area contributed by atoms with E-state index >= 15 is 0 Å². The molecule has 0 saturated carbocycles. The summed E-state index contributed by atoms with van der Waals surface area (Å²) < 4.78 is 25.5. The molecule has 0 amide bonds. The third-order valence-corrected chi connectivity index (χ3v) is 4.77. The van der Waals surface area contributed by atoms with Crippen LogP contribution in [-0.4, -0.2) is 29.0 Å². The van der Waals surface area contributed by atoms with E-state index in [1.54, 1.807) is 0 Å². The molecule has 1 N–H and O–H groups in total. The molecule has 3 rings (SSSR count). The van der Waals surface area contributed by atoms with Crippen molar-refractivity contribution in [2.24, 2.45) is 0 Å². The Hall–Kier alpha value is -1.85. The zero-order valence-corrected chi connectivity index (χ0v) is 14.4. The van der Waals surface area contributed by atoms with Crippen LogP contribution in [0.5, 0.6) is 0 Å². The van der Waals surface area contributed by atoms with Gasteiger partial charge >= 0.3 is 0 Å². The summed E-state index contributed by atoms with van der Waals surface area (Å²) >= 11 is 0. The molecule has 2 aromatic rings. The summed E-state index contributed by atoms with van der Waals surface area (Å²) in [7, 11) is 0. The van der Waals surface area contributed by atoms with Crippen molar-refractivity contribution in [1.82, 2.24) is 15.2 Å². The van der Waals surface area contributed by atoms with Gasteiger partial charge in [0.05, 0.1) is 5.69 Å². The maximum atomic E-state index is 12.8. The lowest BCUT2D eigenvalue weighted by Crippen LogP contribution is -2.35. The predicted molar refractivity (Wildman–Crippen MR) is 95.4 cm³/mol. The minimum Gasteiger partial charge on any atom is -0.317 e. The highest BCUT2D eigenvalue weighted by Gasteiger charge is 2.21. The van der Waals surface area contributed by atoms with Gasteiger partial charge in [-0.25, -0.2) is 8.78 Å². The minimum absolute atomic E-state index is 0.0821. The first-order valence-corrected chi connectivity index (χ1v) is 8.94. The first kappa shape index (κ1) is 18.0. The summed E-state index contributed by atoms with van der Waals surface area (Å²) in [6.45, 7) is 3.62. The standard InChI is InChI=1S/C20H25F2N3/c21-20(22)17-8-6-16(7-9-17)14-25(15-18-4-1-2-12-24-18)19-5-3-11-23-13-10-19/h1-2,4,6-9,12,19-20,23H,3,5,10-11,13-15H2. The summed E-state index contributed by atoms with van der Waals surface area (Å²) in [4.78, 5) is 6.90. The van der Waals surface area contributed by atoms with E-state index in [4.69, 9.17) is 0 Å². The minimum atomic E-state index is -2.41. The smallest absolute Gasteiger partial charge is 0.263 e. The number of pyridine rings is 1. The van der Waals surface area contributed by atoms with E-state index < -0.39 is 6.43 Å². The topological polar surface area (TPSA) is 28.2 Å². The van der Waals surface area contributed by atoms with Crippen molar-refractivity contribution in [3.8, 4) is 0 Å².